The van der Waals surface area contributed by atoms with E-state index in [1.807, 2.05) is 12.2 Å². The maximum atomic E-state index is 11.8. The van der Waals surface area contributed by atoms with E-state index in [0.717, 1.165) is 50.0 Å². The van der Waals surface area contributed by atoms with Crippen molar-refractivity contribution < 1.29 is 14.3 Å². The molecule has 0 saturated carbocycles. The SMILES string of the molecule is O=C(O/C1=C/CCCCCC1)O/C1=C/CCCCCC1. The van der Waals surface area contributed by atoms with Gasteiger partial charge in [0, 0.05) is 12.8 Å². The molecule has 20 heavy (non-hydrogen) atoms. The van der Waals surface area contributed by atoms with Crippen LogP contribution in [0.3, 0.4) is 0 Å². The Balaban J connectivity index is 1.81. The molecule has 0 aromatic rings. The second-order valence-corrected chi connectivity index (χ2v) is 5.70. The molecule has 2 rings (SSSR count). The number of hydrogen-bond donors (Lipinski definition) is 0. The monoisotopic (exact) mass is 278 g/mol. The molecule has 0 bridgehead atoms. The molecule has 0 radical (unpaired) electrons. The van der Waals surface area contributed by atoms with Crippen molar-refractivity contribution in [1.29, 1.82) is 0 Å². The quantitative estimate of drug-likeness (QED) is 0.615. The van der Waals surface area contributed by atoms with Crippen LogP contribution in [0.15, 0.2) is 23.7 Å². The van der Waals surface area contributed by atoms with Crippen LogP contribution in [0.2, 0.25) is 0 Å². The Bertz CT molecular complexity index is 334. The zero-order valence-electron chi connectivity index (χ0n) is 12.4. The van der Waals surface area contributed by atoms with Gasteiger partial charge in [-0.05, 0) is 50.7 Å². The van der Waals surface area contributed by atoms with Crippen molar-refractivity contribution >= 4 is 6.16 Å². The number of carbonyl (C=O) groups excluding carboxylic acids is 1. The van der Waals surface area contributed by atoms with Crippen molar-refractivity contribution in [2.45, 2.75) is 77.0 Å². The molecule has 112 valence electrons. The van der Waals surface area contributed by atoms with Gasteiger partial charge in [0.1, 0.15) is 11.5 Å². The highest BCUT2D eigenvalue weighted by Crippen LogP contribution is 2.21. The fourth-order valence-electron chi connectivity index (χ4n) is 2.74. The Hall–Kier alpha value is -1.25. The molecule has 0 saturated heterocycles. The number of ether oxygens (including phenoxy) is 2. The zero-order chi connectivity index (χ0) is 14.0. The molecule has 0 spiro atoms. The molecule has 0 amide bonds. The largest absolute Gasteiger partial charge is 0.518 e. The normalized spacial score (nSPS) is 26.6. The summed E-state index contributed by atoms with van der Waals surface area (Å²) in [4.78, 5) is 11.8. The Morgan fingerprint density at radius 3 is 1.65 bits per heavy atom. The molecule has 0 unspecified atom stereocenters. The van der Waals surface area contributed by atoms with Crippen LogP contribution in [0.4, 0.5) is 4.79 Å². The molecule has 2 aliphatic rings. The highest BCUT2D eigenvalue weighted by atomic mass is 16.7. The summed E-state index contributed by atoms with van der Waals surface area (Å²) in [7, 11) is 0. The number of carbonyl (C=O) groups is 1. The molecule has 0 N–H and O–H groups in total. The minimum atomic E-state index is -0.552. The van der Waals surface area contributed by atoms with Gasteiger partial charge in [-0.3, -0.25) is 0 Å². The summed E-state index contributed by atoms with van der Waals surface area (Å²) in [6.07, 6.45) is 16.8. The average Bonchev–Trinajstić information content (AvgIpc) is 2.35. The van der Waals surface area contributed by atoms with E-state index in [1.54, 1.807) is 0 Å². The standard InChI is InChI=1S/C17H26O3/c18-17(19-15-11-7-3-1-4-8-12-15)20-16-13-9-5-2-6-10-14-16/h11,13H,1-10,12,14H2/b15-11+,16-13+. The molecule has 0 atom stereocenters. The predicted octanol–water partition coefficient (Wildman–Crippen LogP) is 5.62. The molecule has 2 aliphatic carbocycles. The van der Waals surface area contributed by atoms with Gasteiger partial charge in [-0.15, -0.1) is 0 Å². The molecule has 0 aliphatic heterocycles. The first-order valence-corrected chi connectivity index (χ1v) is 8.12. The Kier molecular flexibility index (Phi) is 6.69. The van der Waals surface area contributed by atoms with Crippen LogP contribution in [-0.2, 0) is 9.47 Å². The average molecular weight is 278 g/mol. The van der Waals surface area contributed by atoms with Crippen LogP contribution >= 0.6 is 0 Å². The van der Waals surface area contributed by atoms with Crippen molar-refractivity contribution in [3.05, 3.63) is 23.7 Å². The minimum Gasteiger partial charge on any atom is -0.400 e. The van der Waals surface area contributed by atoms with E-state index in [-0.39, 0.29) is 0 Å². The van der Waals surface area contributed by atoms with E-state index >= 15 is 0 Å². The van der Waals surface area contributed by atoms with Crippen LogP contribution in [0.5, 0.6) is 0 Å². The third kappa shape index (κ3) is 5.81. The third-order valence-electron chi connectivity index (χ3n) is 3.93. The first-order chi connectivity index (χ1) is 9.84. The Labute approximate surface area is 122 Å². The van der Waals surface area contributed by atoms with Crippen LogP contribution in [0, 0.1) is 0 Å². The van der Waals surface area contributed by atoms with Crippen molar-refractivity contribution in [2.75, 3.05) is 0 Å². The molecular formula is C17H26O3. The molecule has 0 fully saturated rings. The van der Waals surface area contributed by atoms with Gasteiger partial charge < -0.3 is 9.47 Å². The lowest BCUT2D eigenvalue weighted by molar-refractivity contribution is 0.0954. The lowest BCUT2D eigenvalue weighted by Gasteiger charge is -2.14. The van der Waals surface area contributed by atoms with Crippen LogP contribution in [0.25, 0.3) is 0 Å². The second kappa shape index (κ2) is 8.83. The van der Waals surface area contributed by atoms with Gasteiger partial charge in [0.15, 0.2) is 0 Å². The topological polar surface area (TPSA) is 35.5 Å². The van der Waals surface area contributed by atoms with Gasteiger partial charge in [0.2, 0.25) is 0 Å². The summed E-state index contributed by atoms with van der Waals surface area (Å²) < 4.78 is 10.7. The van der Waals surface area contributed by atoms with E-state index < -0.39 is 6.16 Å². The van der Waals surface area contributed by atoms with E-state index in [0.29, 0.717) is 0 Å². The fraction of sp³-hybridized carbons (Fsp3) is 0.706. The lowest BCUT2D eigenvalue weighted by Crippen LogP contribution is -2.09. The maximum Gasteiger partial charge on any atom is 0.518 e. The minimum absolute atomic E-state index is 0.552. The Morgan fingerprint density at radius 2 is 1.15 bits per heavy atom. The first-order valence-electron chi connectivity index (χ1n) is 8.12. The van der Waals surface area contributed by atoms with E-state index in [1.165, 1.54) is 38.5 Å². The van der Waals surface area contributed by atoms with Gasteiger partial charge in [-0.2, -0.15) is 0 Å². The fourth-order valence-corrected chi connectivity index (χ4v) is 2.74. The van der Waals surface area contributed by atoms with Crippen LogP contribution in [0.1, 0.15) is 77.0 Å². The zero-order valence-corrected chi connectivity index (χ0v) is 12.4. The highest BCUT2D eigenvalue weighted by Gasteiger charge is 2.13. The lowest BCUT2D eigenvalue weighted by atomic mass is 10.1. The van der Waals surface area contributed by atoms with E-state index in [2.05, 4.69) is 0 Å². The second-order valence-electron chi connectivity index (χ2n) is 5.70. The van der Waals surface area contributed by atoms with Crippen molar-refractivity contribution in [2.24, 2.45) is 0 Å². The van der Waals surface area contributed by atoms with Gasteiger partial charge >= 0.3 is 6.16 Å². The van der Waals surface area contributed by atoms with Crippen molar-refractivity contribution in [3.8, 4) is 0 Å². The number of rotatable bonds is 2. The first kappa shape index (κ1) is 15.1. The van der Waals surface area contributed by atoms with Crippen LogP contribution in [-0.4, -0.2) is 6.16 Å². The van der Waals surface area contributed by atoms with E-state index in [9.17, 15) is 4.79 Å². The molecule has 3 heteroatoms. The number of hydrogen-bond acceptors (Lipinski definition) is 3. The molecule has 3 nitrogen and oxygen atoms in total. The van der Waals surface area contributed by atoms with Gasteiger partial charge in [-0.25, -0.2) is 4.79 Å². The van der Waals surface area contributed by atoms with Gasteiger partial charge in [0.05, 0.1) is 0 Å². The molecule has 0 aromatic carbocycles. The third-order valence-corrected chi connectivity index (χ3v) is 3.93. The summed E-state index contributed by atoms with van der Waals surface area (Å²) in [6, 6.07) is 0. The van der Waals surface area contributed by atoms with E-state index in [4.69, 9.17) is 9.47 Å². The smallest absolute Gasteiger partial charge is 0.400 e. The van der Waals surface area contributed by atoms with Crippen molar-refractivity contribution in [3.63, 3.8) is 0 Å². The van der Waals surface area contributed by atoms with Crippen LogP contribution < -0.4 is 0 Å². The summed E-state index contributed by atoms with van der Waals surface area (Å²) in [5.74, 6) is 1.59. The Morgan fingerprint density at radius 1 is 0.700 bits per heavy atom. The molecule has 0 heterocycles. The molecule has 0 aromatic heterocycles. The highest BCUT2D eigenvalue weighted by molar-refractivity contribution is 5.62. The van der Waals surface area contributed by atoms with Gasteiger partial charge in [0.25, 0.3) is 0 Å². The summed E-state index contributed by atoms with van der Waals surface area (Å²) in [6.45, 7) is 0. The van der Waals surface area contributed by atoms with Crippen molar-refractivity contribution in [1.82, 2.24) is 0 Å². The summed E-state index contributed by atoms with van der Waals surface area (Å²) in [5, 5.41) is 0. The summed E-state index contributed by atoms with van der Waals surface area (Å²) >= 11 is 0. The van der Waals surface area contributed by atoms with Gasteiger partial charge in [-0.1, -0.05) is 25.7 Å². The number of allylic oxidation sites excluding steroid dienone is 4. The maximum absolute atomic E-state index is 11.8. The predicted molar refractivity (Wildman–Crippen MR) is 79.1 cm³/mol. The summed E-state index contributed by atoms with van der Waals surface area (Å²) in [5.41, 5.74) is 0. The molecular weight excluding hydrogens is 252 g/mol.